The first-order valence-corrected chi connectivity index (χ1v) is 12.4. The van der Waals surface area contributed by atoms with Gasteiger partial charge in [-0.25, -0.2) is 13.2 Å². The molecule has 0 saturated carbocycles. The van der Waals surface area contributed by atoms with E-state index in [2.05, 4.69) is 10.0 Å². The quantitative estimate of drug-likeness (QED) is 0.409. The maximum absolute atomic E-state index is 12.7. The average Bonchev–Trinajstić information content (AvgIpc) is 2.78. The second-order valence-corrected chi connectivity index (χ2v) is 9.69. The number of aliphatic carboxylic acids is 1. The number of halogens is 1. The molecule has 0 aliphatic rings. The predicted octanol–water partition coefficient (Wildman–Crippen LogP) is 3.81. The third-order valence-corrected chi connectivity index (χ3v) is 5.85. The largest absolute Gasteiger partial charge is 0.496 e. The maximum Gasteiger partial charge on any atom is 0.326 e. The van der Waals surface area contributed by atoms with E-state index in [1.165, 1.54) is 18.2 Å². The Morgan fingerprint density at radius 1 is 1.06 bits per heavy atom. The van der Waals surface area contributed by atoms with Gasteiger partial charge in [-0.1, -0.05) is 54.1 Å². The van der Waals surface area contributed by atoms with Gasteiger partial charge in [-0.05, 0) is 35.4 Å². The molecule has 8 nitrogen and oxygen atoms in total. The molecule has 178 valence electrons. The Labute approximate surface area is 202 Å². The molecule has 0 spiro atoms. The summed E-state index contributed by atoms with van der Waals surface area (Å²) in [5.41, 5.74) is 2.74. The van der Waals surface area contributed by atoms with Crippen LogP contribution in [0.25, 0.3) is 11.1 Å². The molecule has 0 aliphatic carbocycles. The first-order chi connectivity index (χ1) is 16.1. The van der Waals surface area contributed by atoms with Crippen molar-refractivity contribution in [3.63, 3.8) is 0 Å². The van der Waals surface area contributed by atoms with Crippen molar-refractivity contribution in [1.82, 2.24) is 5.32 Å². The number of methoxy groups -OCH3 is 1. The summed E-state index contributed by atoms with van der Waals surface area (Å²) in [7, 11) is -1.92. The SMILES string of the molecule is COc1ccccc1-c1ccc(C[C@H](NC(=O)c2ccc(NS(C)(=O)=O)cc2Cl)C(=O)O)cc1. The van der Waals surface area contributed by atoms with Crippen LogP contribution in [0.15, 0.2) is 66.7 Å². The normalized spacial score (nSPS) is 12.0. The fourth-order valence-electron chi connectivity index (χ4n) is 3.35. The number of hydrogen-bond acceptors (Lipinski definition) is 5. The van der Waals surface area contributed by atoms with Crippen molar-refractivity contribution in [2.45, 2.75) is 12.5 Å². The van der Waals surface area contributed by atoms with Crippen LogP contribution in [0.2, 0.25) is 5.02 Å². The van der Waals surface area contributed by atoms with E-state index in [1.54, 1.807) is 19.2 Å². The molecule has 0 heterocycles. The number of ether oxygens (including phenoxy) is 1. The number of rotatable bonds is 9. The van der Waals surface area contributed by atoms with Crippen LogP contribution in [-0.2, 0) is 21.2 Å². The highest BCUT2D eigenvalue weighted by Crippen LogP contribution is 2.29. The number of carboxylic acid groups (broad SMARTS) is 1. The van der Waals surface area contributed by atoms with Crippen molar-refractivity contribution in [2.24, 2.45) is 0 Å². The Balaban J connectivity index is 1.73. The third-order valence-electron chi connectivity index (χ3n) is 4.93. The molecule has 1 atom stereocenters. The highest BCUT2D eigenvalue weighted by molar-refractivity contribution is 7.92. The maximum atomic E-state index is 12.7. The minimum atomic E-state index is -3.51. The monoisotopic (exact) mass is 502 g/mol. The standard InChI is InChI=1S/C24H23ClN2O6S/c1-33-22-6-4-3-5-18(22)16-9-7-15(8-10-16)13-21(24(29)30)26-23(28)19-12-11-17(14-20(19)25)27-34(2,31)32/h3-12,14,21,27H,13H2,1-2H3,(H,26,28)(H,29,30)/t21-/m0/s1. The summed E-state index contributed by atoms with van der Waals surface area (Å²) in [5.74, 6) is -1.16. The topological polar surface area (TPSA) is 122 Å². The van der Waals surface area contributed by atoms with Crippen LogP contribution in [0.5, 0.6) is 5.75 Å². The molecule has 34 heavy (non-hydrogen) atoms. The summed E-state index contributed by atoms with van der Waals surface area (Å²) in [6, 6.07) is 17.6. The van der Waals surface area contributed by atoms with Crippen LogP contribution in [0.3, 0.4) is 0 Å². The van der Waals surface area contributed by atoms with Crippen LogP contribution in [0.4, 0.5) is 5.69 Å². The van der Waals surface area contributed by atoms with Gasteiger partial charge < -0.3 is 15.2 Å². The summed E-state index contributed by atoms with van der Waals surface area (Å²) in [6.45, 7) is 0. The smallest absolute Gasteiger partial charge is 0.326 e. The van der Waals surface area contributed by atoms with Gasteiger partial charge in [0.15, 0.2) is 0 Å². The molecule has 3 N–H and O–H groups in total. The van der Waals surface area contributed by atoms with Crippen molar-refractivity contribution >= 4 is 39.2 Å². The molecule has 0 unspecified atom stereocenters. The lowest BCUT2D eigenvalue weighted by Gasteiger charge is -2.16. The lowest BCUT2D eigenvalue weighted by molar-refractivity contribution is -0.139. The number of anilines is 1. The summed E-state index contributed by atoms with van der Waals surface area (Å²) in [5, 5.41) is 12.1. The second kappa shape index (κ2) is 10.6. The Morgan fingerprint density at radius 3 is 2.32 bits per heavy atom. The Bertz CT molecular complexity index is 1310. The molecule has 1 amide bonds. The van der Waals surface area contributed by atoms with Gasteiger partial charge in [-0.2, -0.15) is 0 Å². The van der Waals surface area contributed by atoms with Crippen molar-refractivity contribution in [3.05, 3.63) is 82.9 Å². The van der Waals surface area contributed by atoms with Gasteiger partial charge in [-0.15, -0.1) is 0 Å². The molecule has 10 heteroatoms. The van der Waals surface area contributed by atoms with E-state index in [0.717, 1.165) is 23.1 Å². The van der Waals surface area contributed by atoms with Crippen LogP contribution in [0, 0.1) is 0 Å². The van der Waals surface area contributed by atoms with Crippen LogP contribution < -0.4 is 14.8 Å². The second-order valence-electron chi connectivity index (χ2n) is 7.53. The van der Waals surface area contributed by atoms with Gasteiger partial charge in [0, 0.05) is 17.7 Å². The number of para-hydroxylation sites is 1. The summed E-state index contributed by atoms with van der Waals surface area (Å²) >= 11 is 6.12. The predicted molar refractivity (Wildman–Crippen MR) is 131 cm³/mol. The zero-order valence-electron chi connectivity index (χ0n) is 18.4. The highest BCUT2D eigenvalue weighted by atomic mass is 35.5. The van der Waals surface area contributed by atoms with E-state index in [1.807, 2.05) is 36.4 Å². The molecule has 3 rings (SSSR count). The summed E-state index contributed by atoms with van der Waals surface area (Å²) in [4.78, 5) is 24.5. The van der Waals surface area contributed by atoms with Crippen LogP contribution >= 0.6 is 11.6 Å². The first kappa shape index (κ1) is 25.1. The molecule has 0 bridgehead atoms. The minimum Gasteiger partial charge on any atom is -0.496 e. The lowest BCUT2D eigenvalue weighted by atomic mass is 10.00. The Hall–Kier alpha value is -3.56. The van der Waals surface area contributed by atoms with Crippen molar-refractivity contribution in [3.8, 4) is 16.9 Å². The first-order valence-electron chi connectivity index (χ1n) is 10.1. The average molecular weight is 503 g/mol. The molecule has 0 saturated heterocycles. The van der Waals surface area contributed by atoms with E-state index in [4.69, 9.17) is 16.3 Å². The number of nitrogens with one attached hydrogen (secondary N) is 2. The van der Waals surface area contributed by atoms with E-state index >= 15 is 0 Å². The van der Waals surface area contributed by atoms with Gasteiger partial charge in [0.1, 0.15) is 11.8 Å². The fraction of sp³-hybridized carbons (Fsp3) is 0.167. The minimum absolute atomic E-state index is 0.0172. The summed E-state index contributed by atoms with van der Waals surface area (Å²) < 4.78 is 30.3. The van der Waals surface area contributed by atoms with Crippen molar-refractivity contribution in [1.29, 1.82) is 0 Å². The number of sulfonamides is 1. The third kappa shape index (κ3) is 6.49. The molecule has 0 fully saturated rings. The molecule has 3 aromatic carbocycles. The number of benzene rings is 3. The molecule has 0 radical (unpaired) electrons. The van der Waals surface area contributed by atoms with Crippen LogP contribution in [-0.4, -0.2) is 44.8 Å². The van der Waals surface area contributed by atoms with Crippen molar-refractivity contribution < 1.29 is 27.9 Å². The molecule has 0 aliphatic heterocycles. The molecular weight excluding hydrogens is 480 g/mol. The zero-order chi connectivity index (χ0) is 24.9. The van der Waals surface area contributed by atoms with E-state index in [0.29, 0.717) is 5.56 Å². The fourth-order valence-corrected chi connectivity index (χ4v) is 4.17. The highest BCUT2D eigenvalue weighted by Gasteiger charge is 2.23. The van der Waals surface area contributed by atoms with E-state index in [9.17, 15) is 23.1 Å². The van der Waals surface area contributed by atoms with E-state index in [-0.39, 0.29) is 22.7 Å². The van der Waals surface area contributed by atoms with Gasteiger partial charge in [0.05, 0.1) is 24.0 Å². The Kier molecular flexibility index (Phi) is 7.80. The van der Waals surface area contributed by atoms with Gasteiger partial charge in [-0.3, -0.25) is 9.52 Å². The Morgan fingerprint density at radius 2 is 1.74 bits per heavy atom. The van der Waals surface area contributed by atoms with Crippen LogP contribution in [0.1, 0.15) is 15.9 Å². The number of amides is 1. The molecular formula is C24H23ClN2O6S. The lowest BCUT2D eigenvalue weighted by Crippen LogP contribution is -2.42. The van der Waals surface area contributed by atoms with Gasteiger partial charge in [0.25, 0.3) is 5.91 Å². The molecule has 3 aromatic rings. The number of carboxylic acids is 1. The molecule has 0 aromatic heterocycles. The van der Waals surface area contributed by atoms with Crippen molar-refractivity contribution in [2.75, 3.05) is 18.1 Å². The number of carbonyl (C=O) groups excluding carboxylic acids is 1. The number of carbonyl (C=O) groups is 2. The zero-order valence-corrected chi connectivity index (χ0v) is 20.0. The number of hydrogen-bond donors (Lipinski definition) is 3. The van der Waals surface area contributed by atoms with Gasteiger partial charge in [0.2, 0.25) is 10.0 Å². The van der Waals surface area contributed by atoms with Gasteiger partial charge >= 0.3 is 5.97 Å². The summed E-state index contributed by atoms with van der Waals surface area (Å²) in [6.07, 6.45) is 1.04. The van der Waals surface area contributed by atoms with E-state index < -0.39 is 27.9 Å².